The van der Waals surface area contributed by atoms with Crippen molar-refractivity contribution >= 4 is 39.6 Å². The van der Waals surface area contributed by atoms with E-state index >= 15 is 0 Å². The third kappa shape index (κ3) is 6.13. The molecule has 1 N–H and O–H groups in total. The third-order valence-electron chi connectivity index (χ3n) is 5.85. The van der Waals surface area contributed by atoms with E-state index in [4.69, 9.17) is 19.3 Å². The Bertz CT molecular complexity index is 1280. The molecular weight excluding hydrogens is 556 g/mol. The lowest BCUT2D eigenvalue weighted by Gasteiger charge is -2.29. The van der Waals surface area contributed by atoms with Crippen molar-refractivity contribution in [3.05, 3.63) is 69.3 Å². The van der Waals surface area contributed by atoms with Crippen molar-refractivity contribution < 1.29 is 19.0 Å². The number of nitrogens with zero attached hydrogens (tertiary/aromatic N) is 3. The van der Waals surface area contributed by atoms with E-state index < -0.39 is 6.04 Å². The third-order valence-corrected chi connectivity index (χ3v) is 7.16. The number of benzene rings is 2. The Balaban J connectivity index is 1.75. The van der Waals surface area contributed by atoms with Gasteiger partial charge in [0.2, 0.25) is 11.1 Å². The number of fused-ring (bicyclic) bond motifs is 1. The first kappa shape index (κ1) is 27.1. The maximum absolute atomic E-state index is 13.3. The number of anilines is 1. The van der Waals surface area contributed by atoms with Gasteiger partial charge in [0.05, 0.1) is 23.8 Å². The first-order chi connectivity index (χ1) is 18.0. The number of hydrogen-bond acceptors (Lipinski definition) is 8. The number of halogens is 1. The lowest BCUT2D eigenvalue weighted by molar-refractivity contribution is -0.139. The quantitative estimate of drug-likeness (QED) is 0.157. The van der Waals surface area contributed by atoms with Crippen molar-refractivity contribution in [3.63, 3.8) is 0 Å². The number of allylic oxidation sites excluding steroid dienone is 1. The lowest BCUT2D eigenvalue weighted by Crippen LogP contribution is -2.30. The van der Waals surface area contributed by atoms with Crippen LogP contribution in [0.1, 0.15) is 50.8 Å². The van der Waals surface area contributed by atoms with Gasteiger partial charge in [-0.05, 0) is 58.3 Å². The van der Waals surface area contributed by atoms with Gasteiger partial charge in [0.1, 0.15) is 12.6 Å². The van der Waals surface area contributed by atoms with Gasteiger partial charge < -0.3 is 19.5 Å². The van der Waals surface area contributed by atoms with E-state index in [1.54, 1.807) is 11.8 Å². The average molecular weight is 588 g/mol. The summed E-state index contributed by atoms with van der Waals surface area (Å²) in [5.41, 5.74) is 2.99. The van der Waals surface area contributed by atoms with E-state index in [1.165, 1.54) is 11.8 Å². The Morgan fingerprint density at radius 3 is 2.70 bits per heavy atom. The molecule has 2 heterocycles. The molecule has 0 fully saturated rings. The minimum absolute atomic E-state index is 0.360. The molecule has 0 bridgehead atoms. The fourth-order valence-corrected chi connectivity index (χ4v) is 5.18. The van der Waals surface area contributed by atoms with E-state index in [9.17, 15) is 4.79 Å². The predicted molar refractivity (Wildman–Crippen MR) is 148 cm³/mol. The summed E-state index contributed by atoms with van der Waals surface area (Å²) in [6.45, 7) is 6.72. The van der Waals surface area contributed by atoms with Gasteiger partial charge in [0, 0.05) is 5.70 Å². The van der Waals surface area contributed by atoms with Crippen LogP contribution >= 0.6 is 27.7 Å². The highest BCUT2D eigenvalue weighted by molar-refractivity contribution is 9.10. The van der Waals surface area contributed by atoms with Crippen LogP contribution in [0.2, 0.25) is 0 Å². The van der Waals surface area contributed by atoms with Crippen molar-refractivity contribution in [2.75, 3.05) is 24.8 Å². The lowest BCUT2D eigenvalue weighted by atomic mass is 9.95. The van der Waals surface area contributed by atoms with Crippen LogP contribution in [0.5, 0.6) is 11.5 Å². The molecule has 1 unspecified atom stereocenters. The highest BCUT2D eigenvalue weighted by Crippen LogP contribution is 2.43. The smallest absolute Gasteiger partial charge is 0.338 e. The highest BCUT2D eigenvalue weighted by atomic mass is 79.9. The fraction of sp³-hybridized carbons (Fsp3) is 0.370. The number of nitrogens with one attached hydrogen (secondary N) is 1. The number of esters is 1. The van der Waals surface area contributed by atoms with Crippen LogP contribution in [-0.4, -0.2) is 40.2 Å². The summed E-state index contributed by atoms with van der Waals surface area (Å²) < 4.78 is 19.9. The van der Waals surface area contributed by atoms with E-state index in [-0.39, 0.29) is 5.97 Å². The maximum Gasteiger partial charge on any atom is 0.338 e. The molecule has 0 radical (unpaired) electrons. The van der Waals surface area contributed by atoms with E-state index in [0.29, 0.717) is 51.6 Å². The Labute approximate surface area is 229 Å². The number of hydrogen-bond donors (Lipinski definition) is 1. The number of carbonyl (C=O) groups excluding carboxylic acids is 1. The number of thioether (sulfide) groups is 1. The normalized spacial score (nSPS) is 14.7. The molecule has 0 saturated carbocycles. The largest absolute Gasteiger partial charge is 0.493 e. The summed E-state index contributed by atoms with van der Waals surface area (Å²) in [7, 11) is 1.60. The molecule has 1 aromatic heterocycles. The number of methoxy groups -OCH3 is 1. The van der Waals surface area contributed by atoms with Crippen molar-refractivity contribution in [1.29, 1.82) is 0 Å². The van der Waals surface area contributed by atoms with Crippen LogP contribution in [0.15, 0.2) is 63.4 Å². The van der Waals surface area contributed by atoms with Crippen molar-refractivity contribution in [2.24, 2.45) is 0 Å². The van der Waals surface area contributed by atoms with Gasteiger partial charge in [-0.2, -0.15) is 4.98 Å². The topological polar surface area (TPSA) is 87.5 Å². The molecule has 196 valence electrons. The molecule has 10 heteroatoms. The maximum atomic E-state index is 13.3. The average Bonchev–Trinajstić information content (AvgIpc) is 3.29. The monoisotopic (exact) mass is 586 g/mol. The molecule has 0 aliphatic carbocycles. The second-order valence-corrected chi connectivity index (χ2v) is 10.5. The van der Waals surface area contributed by atoms with Crippen LogP contribution in [0, 0.1) is 0 Å². The first-order valence-corrected chi connectivity index (χ1v) is 14.0. The summed E-state index contributed by atoms with van der Waals surface area (Å²) in [5, 5.41) is 8.60. The zero-order valence-corrected chi connectivity index (χ0v) is 23.8. The number of ether oxygens (including phenoxy) is 3. The Hall–Kier alpha value is -2.98. The first-order valence-electron chi connectivity index (χ1n) is 12.2. The number of aromatic nitrogens is 3. The van der Waals surface area contributed by atoms with Gasteiger partial charge in [0.15, 0.2) is 11.5 Å². The van der Waals surface area contributed by atoms with Crippen molar-refractivity contribution in [3.8, 4) is 11.5 Å². The number of carbonyl (C=O) groups is 1. The highest BCUT2D eigenvalue weighted by Gasteiger charge is 2.36. The second-order valence-electron chi connectivity index (χ2n) is 8.46. The van der Waals surface area contributed by atoms with Gasteiger partial charge >= 0.3 is 5.97 Å². The molecule has 0 spiro atoms. The van der Waals surface area contributed by atoms with E-state index in [0.717, 1.165) is 29.7 Å². The SMILES string of the molecule is CCCCOC(=O)C1=C(C)Nc2nc(SCC)nn2C1c1cc(Br)c(OCc2ccccc2)c(OC)c1. The van der Waals surface area contributed by atoms with Gasteiger partial charge in [0.25, 0.3) is 0 Å². The molecule has 1 atom stereocenters. The van der Waals surface area contributed by atoms with Gasteiger partial charge in [-0.1, -0.05) is 62.4 Å². The molecule has 0 amide bonds. The molecule has 4 rings (SSSR count). The van der Waals surface area contributed by atoms with Crippen molar-refractivity contribution in [1.82, 2.24) is 14.8 Å². The molecule has 37 heavy (non-hydrogen) atoms. The molecule has 2 aromatic carbocycles. The molecule has 8 nitrogen and oxygen atoms in total. The summed E-state index contributed by atoms with van der Waals surface area (Å²) in [6, 6.07) is 13.2. The molecule has 0 saturated heterocycles. The minimum atomic E-state index is -0.558. The summed E-state index contributed by atoms with van der Waals surface area (Å²) in [5.74, 6) is 2.15. The Kier molecular flexibility index (Phi) is 9.15. The second kappa shape index (κ2) is 12.5. The zero-order chi connectivity index (χ0) is 26.4. The summed E-state index contributed by atoms with van der Waals surface area (Å²) >= 11 is 5.21. The van der Waals surface area contributed by atoms with E-state index in [2.05, 4.69) is 33.2 Å². The molecule has 3 aromatic rings. The fourth-order valence-electron chi connectivity index (χ4n) is 4.05. The predicted octanol–water partition coefficient (Wildman–Crippen LogP) is 6.37. The summed E-state index contributed by atoms with van der Waals surface area (Å²) in [6.07, 6.45) is 1.74. The molecular formula is C27H31BrN4O4S. The molecule has 1 aliphatic heterocycles. The van der Waals surface area contributed by atoms with Crippen LogP contribution in [0.4, 0.5) is 5.95 Å². The van der Waals surface area contributed by atoms with Crippen LogP contribution in [0.25, 0.3) is 0 Å². The van der Waals surface area contributed by atoms with Crippen molar-refractivity contribution in [2.45, 2.75) is 51.4 Å². The number of rotatable bonds is 11. The van der Waals surface area contributed by atoms with Crippen LogP contribution in [-0.2, 0) is 16.1 Å². The zero-order valence-electron chi connectivity index (χ0n) is 21.4. The minimum Gasteiger partial charge on any atom is -0.493 e. The van der Waals surface area contributed by atoms with Gasteiger partial charge in [-0.25, -0.2) is 9.48 Å². The Morgan fingerprint density at radius 2 is 2.00 bits per heavy atom. The number of unbranched alkanes of at least 4 members (excludes halogenated alkanes) is 1. The van der Waals surface area contributed by atoms with Gasteiger partial charge in [-0.15, -0.1) is 5.10 Å². The van der Waals surface area contributed by atoms with Crippen LogP contribution in [0.3, 0.4) is 0 Å². The Morgan fingerprint density at radius 1 is 1.22 bits per heavy atom. The summed E-state index contributed by atoms with van der Waals surface area (Å²) in [4.78, 5) is 18.0. The standard InChI is InChI=1S/C27H31BrN4O4S/c1-5-7-13-35-25(33)22-17(3)29-26-30-27(37-6-2)31-32(26)23(22)19-14-20(28)24(21(15-19)34-4)36-16-18-11-9-8-10-12-18/h8-12,14-15,23H,5-7,13,16H2,1-4H3,(H,29,30,31). The van der Waals surface area contributed by atoms with Gasteiger partial charge in [-0.3, -0.25) is 0 Å². The van der Waals surface area contributed by atoms with E-state index in [1.807, 2.05) is 56.3 Å². The van der Waals surface area contributed by atoms with Crippen LogP contribution < -0.4 is 14.8 Å². The molecule has 1 aliphatic rings.